The maximum atomic E-state index is 12.2. The minimum atomic E-state index is 0. The molecule has 4 nitrogen and oxygen atoms in total. The summed E-state index contributed by atoms with van der Waals surface area (Å²) in [7, 11) is 0. The Hall–Kier alpha value is -1.10. The van der Waals surface area contributed by atoms with E-state index in [4.69, 9.17) is 5.73 Å². The van der Waals surface area contributed by atoms with E-state index in [1.165, 1.54) is 6.42 Å². The number of likely N-dealkylation sites (tertiary alicyclic amines) is 1. The lowest BCUT2D eigenvalue weighted by molar-refractivity contribution is -0.118. The maximum absolute atomic E-state index is 12.2. The number of rotatable bonds is 4. The molecule has 1 aliphatic heterocycles. The molecular weight excluding hydrogens is 286 g/mol. The van der Waals surface area contributed by atoms with E-state index in [0.29, 0.717) is 12.6 Å². The van der Waals surface area contributed by atoms with Gasteiger partial charge in [-0.05, 0) is 44.9 Å². The number of nitrogens with zero attached hydrogens (tertiary/aromatic N) is 1. The molecule has 118 valence electrons. The number of nitrogens with one attached hydrogen (secondary N) is 1. The molecule has 2 unspecified atom stereocenters. The summed E-state index contributed by atoms with van der Waals surface area (Å²) in [6, 6.07) is 8.29. The highest BCUT2D eigenvalue weighted by molar-refractivity contribution is 5.92. The number of amides is 1. The Morgan fingerprint density at radius 1 is 1.43 bits per heavy atom. The highest BCUT2D eigenvalue weighted by Crippen LogP contribution is 2.19. The zero-order valence-corrected chi connectivity index (χ0v) is 13.7. The molecule has 1 heterocycles. The molecule has 0 aliphatic carbocycles. The summed E-state index contributed by atoms with van der Waals surface area (Å²) in [6.07, 6.45) is 3.46. The lowest BCUT2D eigenvalue weighted by Crippen LogP contribution is -2.51. The van der Waals surface area contributed by atoms with Crippen LogP contribution in [0.4, 0.5) is 5.69 Å². The van der Waals surface area contributed by atoms with Gasteiger partial charge in [0.25, 0.3) is 0 Å². The highest BCUT2D eigenvalue weighted by Gasteiger charge is 2.26. The molecule has 1 saturated heterocycles. The van der Waals surface area contributed by atoms with Crippen molar-refractivity contribution in [3.63, 3.8) is 0 Å². The summed E-state index contributed by atoms with van der Waals surface area (Å²) < 4.78 is 0. The zero-order valence-electron chi connectivity index (χ0n) is 12.8. The quantitative estimate of drug-likeness (QED) is 0.898. The predicted octanol–water partition coefficient (Wildman–Crippen LogP) is 2.56. The number of anilines is 1. The van der Waals surface area contributed by atoms with Crippen molar-refractivity contribution in [3.05, 3.63) is 29.8 Å². The number of hydrogen-bond acceptors (Lipinski definition) is 3. The Morgan fingerprint density at radius 2 is 2.14 bits per heavy atom. The van der Waals surface area contributed by atoms with Crippen LogP contribution in [-0.4, -0.2) is 36.0 Å². The molecule has 0 spiro atoms. The van der Waals surface area contributed by atoms with E-state index in [1.54, 1.807) is 0 Å². The normalized spacial score (nSPS) is 20.4. The molecule has 0 radical (unpaired) electrons. The number of piperidine rings is 1. The number of hydrogen-bond donors (Lipinski definition) is 2. The van der Waals surface area contributed by atoms with E-state index < -0.39 is 0 Å². The maximum Gasteiger partial charge on any atom is 0.238 e. The fourth-order valence-corrected chi connectivity index (χ4v) is 2.90. The minimum Gasteiger partial charge on any atom is -0.327 e. The largest absolute Gasteiger partial charge is 0.327 e. The standard InChI is InChI=1S/C16H25N3O.ClH/c1-12-7-3-4-8-14(12)18-16(20)11-19-10-6-5-9-15(19)13(2)17;/h3-4,7-8,13,15H,5-6,9-11,17H2,1-2H3,(H,18,20);1H. The van der Waals surface area contributed by atoms with Crippen LogP contribution in [0, 0.1) is 6.92 Å². The van der Waals surface area contributed by atoms with Gasteiger partial charge in [-0.2, -0.15) is 0 Å². The van der Waals surface area contributed by atoms with Crippen LogP contribution >= 0.6 is 12.4 Å². The number of benzene rings is 1. The lowest BCUT2D eigenvalue weighted by Gasteiger charge is -2.37. The Kier molecular flexibility index (Phi) is 7.15. The molecule has 1 fully saturated rings. The zero-order chi connectivity index (χ0) is 14.5. The second kappa shape index (κ2) is 8.37. The third-order valence-electron chi connectivity index (χ3n) is 4.04. The first-order chi connectivity index (χ1) is 9.58. The Bertz CT molecular complexity index is 465. The Morgan fingerprint density at radius 3 is 2.81 bits per heavy atom. The third-order valence-corrected chi connectivity index (χ3v) is 4.04. The number of para-hydroxylation sites is 1. The second-order valence-electron chi connectivity index (χ2n) is 5.76. The van der Waals surface area contributed by atoms with Gasteiger partial charge in [-0.15, -0.1) is 12.4 Å². The topological polar surface area (TPSA) is 58.4 Å². The van der Waals surface area contributed by atoms with Gasteiger partial charge >= 0.3 is 0 Å². The highest BCUT2D eigenvalue weighted by atomic mass is 35.5. The molecule has 0 bridgehead atoms. The summed E-state index contributed by atoms with van der Waals surface area (Å²) in [5.41, 5.74) is 8.02. The van der Waals surface area contributed by atoms with Crippen LogP contribution < -0.4 is 11.1 Å². The number of carbonyl (C=O) groups is 1. The van der Waals surface area contributed by atoms with Gasteiger partial charge in [0.15, 0.2) is 0 Å². The van der Waals surface area contributed by atoms with Gasteiger partial charge in [-0.1, -0.05) is 24.6 Å². The van der Waals surface area contributed by atoms with Crippen molar-refractivity contribution in [2.45, 2.75) is 45.2 Å². The molecule has 1 aromatic rings. The van der Waals surface area contributed by atoms with Crippen molar-refractivity contribution in [1.29, 1.82) is 0 Å². The second-order valence-corrected chi connectivity index (χ2v) is 5.76. The van der Waals surface area contributed by atoms with Gasteiger partial charge in [0.2, 0.25) is 5.91 Å². The van der Waals surface area contributed by atoms with E-state index in [-0.39, 0.29) is 24.4 Å². The van der Waals surface area contributed by atoms with E-state index >= 15 is 0 Å². The SMILES string of the molecule is Cc1ccccc1NC(=O)CN1CCCCC1C(C)N.Cl. The fraction of sp³-hybridized carbons (Fsp3) is 0.562. The van der Waals surface area contributed by atoms with Crippen LogP contribution in [-0.2, 0) is 4.79 Å². The van der Waals surface area contributed by atoms with Gasteiger partial charge < -0.3 is 11.1 Å². The fourth-order valence-electron chi connectivity index (χ4n) is 2.90. The van der Waals surface area contributed by atoms with Crippen LogP contribution in [0.15, 0.2) is 24.3 Å². The van der Waals surface area contributed by atoms with E-state index in [0.717, 1.165) is 30.6 Å². The van der Waals surface area contributed by atoms with Crippen LogP contribution in [0.2, 0.25) is 0 Å². The van der Waals surface area contributed by atoms with Crippen LogP contribution in [0.5, 0.6) is 0 Å². The summed E-state index contributed by atoms with van der Waals surface area (Å²) in [5, 5.41) is 3.00. The molecule has 3 N–H and O–H groups in total. The van der Waals surface area contributed by atoms with E-state index in [2.05, 4.69) is 10.2 Å². The average Bonchev–Trinajstić information content (AvgIpc) is 2.41. The summed E-state index contributed by atoms with van der Waals surface area (Å²) in [5.74, 6) is 0.0480. The van der Waals surface area contributed by atoms with Gasteiger partial charge in [-0.25, -0.2) is 0 Å². The molecule has 0 saturated carbocycles. The van der Waals surface area contributed by atoms with Crippen molar-refractivity contribution >= 4 is 24.0 Å². The summed E-state index contributed by atoms with van der Waals surface area (Å²) in [4.78, 5) is 14.4. The van der Waals surface area contributed by atoms with Gasteiger partial charge in [0.05, 0.1) is 6.54 Å². The molecule has 1 aromatic carbocycles. The molecule has 0 aromatic heterocycles. The lowest BCUT2D eigenvalue weighted by atomic mass is 9.97. The minimum absolute atomic E-state index is 0. The van der Waals surface area contributed by atoms with E-state index in [1.807, 2.05) is 38.1 Å². The van der Waals surface area contributed by atoms with Crippen molar-refractivity contribution in [2.24, 2.45) is 5.73 Å². The monoisotopic (exact) mass is 311 g/mol. The molecule has 5 heteroatoms. The van der Waals surface area contributed by atoms with Crippen molar-refractivity contribution < 1.29 is 4.79 Å². The van der Waals surface area contributed by atoms with Crippen LogP contribution in [0.3, 0.4) is 0 Å². The molecule has 2 rings (SSSR count). The predicted molar refractivity (Wildman–Crippen MR) is 89.9 cm³/mol. The Balaban J connectivity index is 0.00000220. The number of nitrogens with two attached hydrogens (primary N) is 1. The number of aryl methyl sites for hydroxylation is 1. The molecule has 21 heavy (non-hydrogen) atoms. The first-order valence-electron chi connectivity index (χ1n) is 7.43. The van der Waals surface area contributed by atoms with Crippen molar-refractivity contribution in [2.75, 3.05) is 18.4 Å². The molecule has 1 amide bonds. The smallest absolute Gasteiger partial charge is 0.238 e. The average molecular weight is 312 g/mol. The summed E-state index contributed by atoms with van der Waals surface area (Å²) in [6.45, 7) is 5.43. The number of halogens is 1. The molecular formula is C16H26ClN3O. The van der Waals surface area contributed by atoms with Crippen LogP contribution in [0.1, 0.15) is 31.7 Å². The first-order valence-corrected chi connectivity index (χ1v) is 7.43. The van der Waals surface area contributed by atoms with Gasteiger partial charge in [0.1, 0.15) is 0 Å². The van der Waals surface area contributed by atoms with Gasteiger partial charge in [-0.3, -0.25) is 9.69 Å². The molecule has 2 atom stereocenters. The summed E-state index contributed by atoms with van der Waals surface area (Å²) >= 11 is 0. The van der Waals surface area contributed by atoms with Gasteiger partial charge in [0, 0.05) is 17.8 Å². The number of carbonyl (C=O) groups excluding carboxylic acids is 1. The van der Waals surface area contributed by atoms with Crippen molar-refractivity contribution in [1.82, 2.24) is 4.90 Å². The first kappa shape index (κ1) is 18.0. The van der Waals surface area contributed by atoms with Crippen molar-refractivity contribution in [3.8, 4) is 0 Å². The third kappa shape index (κ3) is 4.99. The van der Waals surface area contributed by atoms with E-state index in [9.17, 15) is 4.79 Å². The Labute approximate surface area is 133 Å². The molecule has 1 aliphatic rings. The van der Waals surface area contributed by atoms with Crippen LogP contribution in [0.25, 0.3) is 0 Å².